The van der Waals surface area contributed by atoms with Crippen LogP contribution in [0.4, 0.5) is 0 Å². The molecule has 3 rings (SSSR count). The van der Waals surface area contributed by atoms with Gasteiger partial charge in [0, 0.05) is 12.4 Å². The highest BCUT2D eigenvalue weighted by molar-refractivity contribution is 7.91. The summed E-state index contributed by atoms with van der Waals surface area (Å²) in [4.78, 5) is 11.5. The number of nitrogens with one attached hydrogen (secondary N) is 1. The van der Waals surface area contributed by atoms with Gasteiger partial charge in [-0.15, -0.1) is 11.3 Å². The molecule has 1 aromatic carbocycles. The van der Waals surface area contributed by atoms with Crippen LogP contribution in [-0.4, -0.2) is 35.3 Å². The minimum Gasteiger partial charge on any atom is -0.480 e. The summed E-state index contributed by atoms with van der Waals surface area (Å²) in [5, 5.41) is 14.0. The minimum absolute atomic E-state index is 0. The van der Waals surface area contributed by atoms with E-state index in [1.807, 2.05) is 6.07 Å². The van der Waals surface area contributed by atoms with E-state index in [1.165, 1.54) is 6.07 Å². The molecule has 0 aliphatic rings. The van der Waals surface area contributed by atoms with Gasteiger partial charge in [0.2, 0.25) is 0 Å². The number of benzene rings is 1. The summed E-state index contributed by atoms with van der Waals surface area (Å²) in [6, 6.07) is 12.4. The van der Waals surface area contributed by atoms with E-state index in [0.717, 1.165) is 16.9 Å². The molecule has 1 unspecified atom stereocenters. The Kier molecular flexibility index (Phi) is 6.30. The molecule has 3 aromatic rings. The Bertz CT molecular complexity index is 951. The molecule has 0 spiro atoms. The van der Waals surface area contributed by atoms with Crippen LogP contribution in [0.3, 0.4) is 0 Å². The van der Waals surface area contributed by atoms with Crippen LogP contribution in [0.2, 0.25) is 0 Å². The quantitative estimate of drug-likeness (QED) is 0.642. The molecule has 0 radical (unpaired) electrons. The zero-order valence-electron chi connectivity index (χ0n) is 12.9. The second kappa shape index (κ2) is 8.26. The topological polar surface area (TPSA) is 101 Å². The number of aliphatic carboxylic acids is 1. The lowest BCUT2D eigenvalue weighted by atomic mass is 10.1. The molecule has 26 heavy (non-hydrogen) atoms. The van der Waals surface area contributed by atoms with E-state index >= 15 is 0 Å². The lowest BCUT2D eigenvalue weighted by Crippen LogP contribution is -2.42. The Labute approximate surface area is 156 Å². The number of carbonyl (C=O) groups is 1. The Morgan fingerprint density at radius 1 is 1.19 bits per heavy atom. The minimum atomic E-state index is -3.95. The maximum atomic E-state index is 12.5. The number of hydrogen-bond donors (Lipinski definition) is 2. The number of carboxylic acid groups (broad SMARTS) is 1. The number of thiophene rings is 1. The summed E-state index contributed by atoms with van der Waals surface area (Å²) >= 11 is 1.01. The number of nitrogens with zero attached hydrogens (tertiary/aromatic N) is 2. The van der Waals surface area contributed by atoms with E-state index in [2.05, 4.69) is 9.82 Å². The smallest absolute Gasteiger partial charge is 0.322 e. The highest BCUT2D eigenvalue weighted by Gasteiger charge is 2.27. The van der Waals surface area contributed by atoms with Crippen molar-refractivity contribution in [2.75, 3.05) is 0 Å². The molecule has 9 heteroatoms. The van der Waals surface area contributed by atoms with Gasteiger partial charge in [0.1, 0.15) is 15.3 Å². The third kappa shape index (κ3) is 4.57. The van der Waals surface area contributed by atoms with Gasteiger partial charge in [-0.1, -0.05) is 37.8 Å². The van der Waals surface area contributed by atoms with Crippen molar-refractivity contribution in [1.82, 2.24) is 14.5 Å². The summed E-state index contributed by atoms with van der Waals surface area (Å²) in [6.45, 7) is 0. The van der Waals surface area contributed by atoms with Gasteiger partial charge in [0.25, 0.3) is 10.0 Å². The van der Waals surface area contributed by atoms with Gasteiger partial charge in [0.15, 0.2) is 0 Å². The van der Waals surface area contributed by atoms with Crippen molar-refractivity contribution >= 4 is 27.3 Å². The summed E-state index contributed by atoms with van der Waals surface area (Å²) in [6.07, 6.45) is 3.35. The lowest BCUT2D eigenvalue weighted by molar-refractivity contribution is -0.138. The fraction of sp³-hybridized carbons (Fsp3) is 0.176. The zero-order valence-corrected chi connectivity index (χ0v) is 14.6. The van der Waals surface area contributed by atoms with Crippen LogP contribution in [-0.2, 0) is 21.2 Å². The number of rotatable bonds is 7. The third-order valence-corrected chi connectivity index (χ3v) is 6.48. The normalized spacial score (nSPS) is 12.3. The molecule has 0 aliphatic heterocycles. The van der Waals surface area contributed by atoms with E-state index in [9.17, 15) is 18.3 Å². The van der Waals surface area contributed by atoms with Gasteiger partial charge >= 0.3 is 5.97 Å². The van der Waals surface area contributed by atoms with Crippen LogP contribution in [0, 0.1) is 0 Å². The average Bonchev–Trinajstić information content (AvgIpc) is 3.26. The molecule has 2 aromatic heterocycles. The number of hydrogen-bond acceptors (Lipinski definition) is 5. The Morgan fingerprint density at radius 2 is 1.92 bits per heavy atom. The monoisotopic (exact) mass is 393 g/mol. The van der Waals surface area contributed by atoms with Gasteiger partial charge in [-0.25, -0.2) is 13.1 Å². The van der Waals surface area contributed by atoms with Gasteiger partial charge in [0.05, 0.1) is 0 Å². The van der Waals surface area contributed by atoms with E-state index in [-0.39, 0.29) is 18.1 Å². The first kappa shape index (κ1) is 19.8. The maximum Gasteiger partial charge on any atom is 0.322 e. The van der Waals surface area contributed by atoms with E-state index in [4.69, 9.17) is 0 Å². The predicted molar refractivity (Wildman–Crippen MR) is 100 cm³/mol. The van der Waals surface area contributed by atoms with Gasteiger partial charge in [-0.3, -0.25) is 4.79 Å². The fourth-order valence-corrected chi connectivity index (χ4v) is 4.69. The molecule has 0 fully saturated rings. The van der Waals surface area contributed by atoms with Crippen molar-refractivity contribution in [1.29, 1.82) is 0 Å². The molecule has 0 aliphatic carbocycles. The molecule has 2 heterocycles. The first-order chi connectivity index (χ1) is 12.0. The highest BCUT2D eigenvalue weighted by Crippen LogP contribution is 2.24. The van der Waals surface area contributed by atoms with Crippen LogP contribution in [0.25, 0.3) is 5.00 Å². The molecule has 138 valence electrons. The molecule has 0 saturated carbocycles. The largest absolute Gasteiger partial charge is 0.480 e. The van der Waals surface area contributed by atoms with Crippen molar-refractivity contribution in [3.8, 4) is 5.00 Å². The molecule has 2 N–H and O–H groups in total. The molecular formula is C17H19N3O4S2. The summed E-state index contributed by atoms with van der Waals surface area (Å²) in [5.74, 6) is -1.23. The lowest BCUT2D eigenvalue weighted by Gasteiger charge is -2.14. The van der Waals surface area contributed by atoms with E-state index < -0.39 is 22.0 Å². The van der Waals surface area contributed by atoms with Gasteiger partial charge in [-0.2, -0.15) is 9.82 Å². The van der Waals surface area contributed by atoms with Crippen LogP contribution in [0.1, 0.15) is 13.0 Å². The second-order valence-corrected chi connectivity index (χ2v) is 8.25. The number of carboxylic acids is 1. The molecular weight excluding hydrogens is 374 g/mol. The summed E-state index contributed by atoms with van der Waals surface area (Å²) in [5.41, 5.74) is 0.737. The fourth-order valence-electron chi connectivity index (χ4n) is 2.25. The Hall–Kier alpha value is -2.49. The Balaban J connectivity index is 0.00000243. The molecule has 7 nitrogen and oxygen atoms in total. The van der Waals surface area contributed by atoms with Crippen LogP contribution < -0.4 is 4.72 Å². The molecule has 0 bridgehead atoms. The van der Waals surface area contributed by atoms with E-state index in [1.54, 1.807) is 53.5 Å². The maximum absolute atomic E-state index is 12.5. The third-order valence-electron chi connectivity index (χ3n) is 3.44. The molecule has 0 saturated heterocycles. The number of sulfonamides is 1. The number of aromatic nitrogens is 2. The van der Waals surface area contributed by atoms with Crippen molar-refractivity contribution in [2.24, 2.45) is 0 Å². The first-order valence-corrected chi connectivity index (χ1v) is 9.64. The zero-order chi connectivity index (χ0) is 17.9. The second-order valence-electron chi connectivity index (χ2n) is 5.25. The molecule has 1 atom stereocenters. The standard InChI is InChI=1S/C16H15N3O4S2.CH4/c20-16(21)13(11-12-5-2-1-3-6-12)18-25(22,23)15-8-7-14(24-15)19-10-4-9-17-19;/h1-10,13,18H,11H2,(H,20,21);1H4. The van der Waals surface area contributed by atoms with Crippen molar-refractivity contribution < 1.29 is 18.3 Å². The predicted octanol–water partition coefficient (Wildman–Crippen LogP) is 2.54. The summed E-state index contributed by atoms with van der Waals surface area (Å²) < 4.78 is 28.9. The van der Waals surface area contributed by atoms with Gasteiger partial charge in [-0.05, 0) is 30.2 Å². The first-order valence-electron chi connectivity index (χ1n) is 7.34. The molecule has 0 amide bonds. The van der Waals surface area contributed by atoms with Crippen LogP contribution in [0.15, 0.2) is 65.1 Å². The van der Waals surface area contributed by atoms with Crippen LogP contribution >= 0.6 is 11.3 Å². The van der Waals surface area contributed by atoms with Crippen molar-refractivity contribution in [3.05, 3.63) is 66.5 Å². The van der Waals surface area contributed by atoms with E-state index in [0.29, 0.717) is 5.00 Å². The van der Waals surface area contributed by atoms with Crippen LogP contribution in [0.5, 0.6) is 0 Å². The summed E-state index contributed by atoms with van der Waals surface area (Å²) in [7, 11) is -3.95. The highest BCUT2D eigenvalue weighted by atomic mass is 32.2. The van der Waals surface area contributed by atoms with Crippen molar-refractivity contribution in [2.45, 2.75) is 24.1 Å². The SMILES string of the molecule is C.O=C(O)C(Cc1ccccc1)NS(=O)(=O)c1ccc(-n2cccn2)s1. The Morgan fingerprint density at radius 3 is 2.54 bits per heavy atom. The van der Waals surface area contributed by atoms with Crippen molar-refractivity contribution in [3.63, 3.8) is 0 Å². The van der Waals surface area contributed by atoms with Gasteiger partial charge < -0.3 is 5.11 Å². The average molecular weight is 393 g/mol.